The van der Waals surface area contributed by atoms with Gasteiger partial charge in [-0.1, -0.05) is 32.0 Å². The number of para-hydroxylation sites is 1. The van der Waals surface area contributed by atoms with Crippen molar-refractivity contribution in [1.29, 1.82) is 0 Å². The molecule has 0 saturated heterocycles. The van der Waals surface area contributed by atoms with Crippen molar-refractivity contribution >= 4 is 10.9 Å². The Balaban J connectivity index is 2.05. The Morgan fingerprint density at radius 2 is 2.06 bits per heavy atom. The maximum atomic E-state index is 4.81. The molecule has 0 aliphatic heterocycles. The number of aromatic nitrogens is 1. The molecule has 1 atom stereocenters. The van der Waals surface area contributed by atoms with Crippen LogP contribution >= 0.6 is 0 Å². The molecular formula is C16H19N. The van der Waals surface area contributed by atoms with Gasteiger partial charge in [-0.3, -0.25) is 4.98 Å². The van der Waals surface area contributed by atoms with Gasteiger partial charge in [0.1, 0.15) is 0 Å². The SMILES string of the molecule is CC(C)C1CCc2nc3ccccc3cc2C1. The molecule has 1 heteroatoms. The zero-order chi connectivity index (χ0) is 11.8. The number of rotatable bonds is 1. The van der Waals surface area contributed by atoms with Gasteiger partial charge in [-0.25, -0.2) is 0 Å². The molecule has 1 aliphatic rings. The molecule has 17 heavy (non-hydrogen) atoms. The molecule has 2 aromatic rings. The summed E-state index contributed by atoms with van der Waals surface area (Å²) in [4.78, 5) is 4.81. The molecule has 3 rings (SSSR count). The van der Waals surface area contributed by atoms with Crippen molar-refractivity contribution < 1.29 is 0 Å². The van der Waals surface area contributed by atoms with Crippen molar-refractivity contribution in [3.63, 3.8) is 0 Å². The maximum absolute atomic E-state index is 4.81. The van der Waals surface area contributed by atoms with Gasteiger partial charge < -0.3 is 0 Å². The van der Waals surface area contributed by atoms with Crippen LogP contribution in [0.3, 0.4) is 0 Å². The number of hydrogen-bond donors (Lipinski definition) is 0. The van der Waals surface area contributed by atoms with Gasteiger partial charge in [-0.05, 0) is 48.8 Å². The number of hydrogen-bond acceptors (Lipinski definition) is 1. The van der Waals surface area contributed by atoms with Crippen LogP contribution in [0.25, 0.3) is 10.9 Å². The standard InChI is InChI=1S/C16H19N/c1-11(2)12-7-8-16-14(9-12)10-13-5-3-4-6-15(13)17-16/h3-6,10-12H,7-9H2,1-2H3. The lowest BCUT2D eigenvalue weighted by Crippen LogP contribution is -2.19. The lowest BCUT2D eigenvalue weighted by molar-refractivity contribution is 0.340. The highest BCUT2D eigenvalue weighted by Crippen LogP contribution is 2.30. The van der Waals surface area contributed by atoms with Gasteiger partial charge in [-0.15, -0.1) is 0 Å². The van der Waals surface area contributed by atoms with E-state index in [2.05, 4.69) is 44.2 Å². The van der Waals surface area contributed by atoms with Crippen LogP contribution in [0.4, 0.5) is 0 Å². The predicted molar refractivity (Wildman–Crippen MR) is 72.1 cm³/mol. The first-order chi connectivity index (χ1) is 8.24. The van der Waals surface area contributed by atoms with E-state index in [1.165, 1.54) is 29.5 Å². The minimum absolute atomic E-state index is 0.787. The molecule has 1 heterocycles. The predicted octanol–water partition coefficient (Wildman–Crippen LogP) is 4.00. The summed E-state index contributed by atoms with van der Waals surface area (Å²) >= 11 is 0. The summed E-state index contributed by atoms with van der Waals surface area (Å²) in [6, 6.07) is 10.8. The van der Waals surface area contributed by atoms with Crippen LogP contribution in [0.5, 0.6) is 0 Å². The lowest BCUT2D eigenvalue weighted by atomic mass is 9.80. The quantitative estimate of drug-likeness (QED) is 0.715. The Bertz CT molecular complexity index is 542. The maximum Gasteiger partial charge on any atom is 0.0705 e. The van der Waals surface area contributed by atoms with Crippen molar-refractivity contribution in [2.45, 2.75) is 33.1 Å². The Hall–Kier alpha value is -1.37. The molecular weight excluding hydrogens is 206 g/mol. The molecule has 0 spiro atoms. The van der Waals surface area contributed by atoms with Gasteiger partial charge in [-0.2, -0.15) is 0 Å². The van der Waals surface area contributed by atoms with Crippen LogP contribution in [-0.4, -0.2) is 4.98 Å². The lowest BCUT2D eigenvalue weighted by Gasteiger charge is -2.27. The van der Waals surface area contributed by atoms with E-state index in [0.29, 0.717) is 0 Å². The molecule has 1 unspecified atom stereocenters. The van der Waals surface area contributed by atoms with Gasteiger partial charge >= 0.3 is 0 Å². The molecule has 0 bridgehead atoms. The highest BCUT2D eigenvalue weighted by atomic mass is 14.7. The average molecular weight is 225 g/mol. The normalized spacial score (nSPS) is 19.6. The minimum atomic E-state index is 0.787. The summed E-state index contributed by atoms with van der Waals surface area (Å²) in [6.45, 7) is 4.67. The summed E-state index contributed by atoms with van der Waals surface area (Å²) in [5, 5.41) is 1.29. The van der Waals surface area contributed by atoms with Crippen LogP contribution in [0.2, 0.25) is 0 Å². The molecule has 1 aromatic carbocycles. The fourth-order valence-electron chi connectivity index (χ4n) is 2.87. The van der Waals surface area contributed by atoms with Gasteiger partial charge in [0.25, 0.3) is 0 Å². The summed E-state index contributed by atoms with van der Waals surface area (Å²) < 4.78 is 0. The van der Waals surface area contributed by atoms with E-state index in [0.717, 1.165) is 23.8 Å². The van der Waals surface area contributed by atoms with E-state index in [4.69, 9.17) is 4.98 Å². The number of pyridine rings is 1. The molecule has 1 aliphatic carbocycles. The van der Waals surface area contributed by atoms with Crippen molar-refractivity contribution in [3.05, 3.63) is 41.6 Å². The van der Waals surface area contributed by atoms with Gasteiger partial charge in [0, 0.05) is 11.1 Å². The third kappa shape index (κ3) is 1.95. The zero-order valence-electron chi connectivity index (χ0n) is 10.6. The highest BCUT2D eigenvalue weighted by Gasteiger charge is 2.22. The van der Waals surface area contributed by atoms with Gasteiger partial charge in [0.05, 0.1) is 5.52 Å². The second kappa shape index (κ2) is 4.14. The molecule has 0 amide bonds. The fourth-order valence-corrected chi connectivity index (χ4v) is 2.87. The largest absolute Gasteiger partial charge is 0.253 e. The first-order valence-corrected chi connectivity index (χ1v) is 6.61. The molecule has 0 saturated carbocycles. The summed E-state index contributed by atoms with van der Waals surface area (Å²) in [5.74, 6) is 1.63. The van der Waals surface area contributed by atoms with E-state index in [9.17, 15) is 0 Å². The van der Waals surface area contributed by atoms with Crippen LogP contribution in [0.15, 0.2) is 30.3 Å². The Morgan fingerprint density at radius 3 is 2.88 bits per heavy atom. The van der Waals surface area contributed by atoms with Crippen LogP contribution in [0, 0.1) is 11.8 Å². The topological polar surface area (TPSA) is 12.9 Å². The molecule has 0 fully saturated rings. The van der Waals surface area contributed by atoms with E-state index in [1.54, 1.807) is 0 Å². The molecule has 0 radical (unpaired) electrons. The van der Waals surface area contributed by atoms with Crippen LogP contribution in [0.1, 0.15) is 31.5 Å². The molecule has 0 N–H and O–H groups in total. The van der Waals surface area contributed by atoms with Crippen molar-refractivity contribution in [2.24, 2.45) is 11.8 Å². The number of fused-ring (bicyclic) bond motifs is 2. The van der Waals surface area contributed by atoms with Crippen molar-refractivity contribution in [2.75, 3.05) is 0 Å². The van der Waals surface area contributed by atoms with Gasteiger partial charge in [0.2, 0.25) is 0 Å². The number of nitrogens with zero attached hydrogens (tertiary/aromatic N) is 1. The molecule has 1 nitrogen and oxygen atoms in total. The van der Waals surface area contributed by atoms with Crippen LogP contribution < -0.4 is 0 Å². The average Bonchev–Trinajstić information content (AvgIpc) is 2.35. The zero-order valence-corrected chi connectivity index (χ0v) is 10.6. The summed E-state index contributed by atoms with van der Waals surface area (Å²) in [6.07, 6.45) is 3.67. The monoisotopic (exact) mass is 225 g/mol. The minimum Gasteiger partial charge on any atom is -0.253 e. The second-order valence-electron chi connectivity index (χ2n) is 5.53. The summed E-state index contributed by atoms with van der Waals surface area (Å²) in [5.41, 5.74) is 3.96. The smallest absolute Gasteiger partial charge is 0.0705 e. The number of aryl methyl sites for hydroxylation is 1. The first kappa shape index (κ1) is 10.8. The van der Waals surface area contributed by atoms with Crippen molar-refractivity contribution in [1.82, 2.24) is 4.98 Å². The Kier molecular flexibility index (Phi) is 2.62. The fraction of sp³-hybridized carbons (Fsp3) is 0.438. The molecule has 88 valence electrons. The van der Waals surface area contributed by atoms with Crippen LogP contribution in [-0.2, 0) is 12.8 Å². The van der Waals surface area contributed by atoms with E-state index >= 15 is 0 Å². The van der Waals surface area contributed by atoms with E-state index < -0.39 is 0 Å². The van der Waals surface area contributed by atoms with Crippen molar-refractivity contribution in [3.8, 4) is 0 Å². The van der Waals surface area contributed by atoms with E-state index in [1.807, 2.05) is 0 Å². The molecule has 1 aromatic heterocycles. The number of benzene rings is 1. The Morgan fingerprint density at radius 1 is 1.24 bits per heavy atom. The first-order valence-electron chi connectivity index (χ1n) is 6.61. The third-order valence-electron chi connectivity index (χ3n) is 4.07. The summed E-state index contributed by atoms with van der Waals surface area (Å²) in [7, 11) is 0. The third-order valence-corrected chi connectivity index (χ3v) is 4.07. The highest BCUT2D eigenvalue weighted by molar-refractivity contribution is 5.79. The van der Waals surface area contributed by atoms with E-state index in [-0.39, 0.29) is 0 Å². The second-order valence-corrected chi connectivity index (χ2v) is 5.53. The van der Waals surface area contributed by atoms with Gasteiger partial charge in [0.15, 0.2) is 0 Å². The Labute approximate surface area is 103 Å².